The van der Waals surface area contributed by atoms with E-state index in [1.807, 2.05) is 72.2 Å². The largest absolute Gasteiger partial charge is 0.338 e. The summed E-state index contributed by atoms with van der Waals surface area (Å²) < 4.78 is 1.94. The maximum Gasteiger partial charge on any atom is 0.319 e. The lowest BCUT2D eigenvalue weighted by atomic mass is 9.88. The maximum atomic E-state index is 13.6. The average molecular weight is 381 g/mol. The van der Waals surface area contributed by atoms with Gasteiger partial charge in [-0.3, -0.25) is 9.69 Å². The van der Waals surface area contributed by atoms with Gasteiger partial charge in [-0.15, -0.1) is 0 Å². The van der Waals surface area contributed by atoms with Gasteiger partial charge in [-0.1, -0.05) is 87.2 Å². The van der Waals surface area contributed by atoms with Crippen molar-refractivity contribution in [2.24, 2.45) is 0 Å². The Bertz CT molecular complexity index is 817. The zero-order chi connectivity index (χ0) is 19.7. The molecule has 3 amide bonds. The van der Waals surface area contributed by atoms with Crippen LogP contribution in [0.2, 0.25) is 19.6 Å². The minimum Gasteiger partial charge on any atom is -0.338 e. The number of hydrogen-bond acceptors (Lipinski definition) is 2. The Kier molecular flexibility index (Phi) is 5.24. The summed E-state index contributed by atoms with van der Waals surface area (Å²) >= 11 is 0. The van der Waals surface area contributed by atoms with Crippen molar-refractivity contribution in [3.8, 4) is 0 Å². The first-order valence-electron chi connectivity index (χ1n) is 9.54. The van der Waals surface area contributed by atoms with Crippen LogP contribution in [-0.2, 0) is 17.8 Å². The lowest BCUT2D eigenvalue weighted by molar-refractivity contribution is -0.133. The van der Waals surface area contributed by atoms with Gasteiger partial charge in [-0.25, -0.2) is 4.79 Å². The zero-order valence-electron chi connectivity index (χ0n) is 16.6. The molecule has 0 bridgehead atoms. The normalized spacial score (nSPS) is 20.4. The van der Waals surface area contributed by atoms with Gasteiger partial charge in [-0.05, 0) is 17.5 Å². The van der Waals surface area contributed by atoms with Crippen LogP contribution in [0.25, 0.3) is 0 Å². The topological polar surface area (TPSA) is 40.6 Å². The molecule has 1 fully saturated rings. The van der Waals surface area contributed by atoms with Gasteiger partial charge < -0.3 is 4.57 Å². The van der Waals surface area contributed by atoms with E-state index in [2.05, 4.69) is 19.6 Å². The van der Waals surface area contributed by atoms with Crippen LogP contribution in [0.4, 0.5) is 4.79 Å². The van der Waals surface area contributed by atoms with E-state index in [1.54, 1.807) is 0 Å². The molecule has 0 saturated carbocycles. The van der Waals surface area contributed by atoms with Crippen LogP contribution in [0.5, 0.6) is 0 Å². The summed E-state index contributed by atoms with van der Waals surface area (Å²) in [5, 5.41) is 0. The molecule has 0 aromatic heterocycles. The molecule has 4 nitrogen and oxygen atoms in total. The highest BCUT2D eigenvalue weighted by Crippen LogP contribution is 2.39. The molecule has 1 unspecified atom stereocenters. The number of nitrogens with zero attached hydrogens (tertiary/aromatic N) is 2. The summed E-state index contributed by atoms with van der Waals surface area (Å²) in [4.78, 5) is 28.5. The van der Waals surface area contributed by atoms with Crippen molar-refractivity contribution >= 4 is 20.2 Å². The standard InChI is InChI=1S/C22H28N2O2Si/c1-5-22(16-18-12-8-6-9-13-18)20(25)23(17-19-14-10-7-11-15-19)21(26)24(22)27(2,3)4/h6-15H,5,16-17H2,1-4H3. The minimum atomic E-state index is -2.08. The first kappa shape index (κ1) is 19.4. The smallest absolute Gasteiger partial charge is 0.319 e. The van der Waals surface area contributed by atoms with Crippen LogP contribution >= 0.6 is 0 Å². The van der Waals surface area contributed by atoms with Crippen LogP contribution in [0.3, 0.4) is 0 Å². The van der Waals surface area contributed by atoms with E-state index in [1.165, 1.54) is 4.90 Å². The molecule has 1 atom stereocenters. The molecule has 0 spiro atoms. The van der Waals surface area contributed by atoms with Crippen molar-refractivity contribution < 1.29 is 9.59 Å². The quantitative estimate of drug-likeness (QED) is 0.539. The molecule has 0 N–H and O–H groups in total. The van der Waals surface area contributed by atoms with Crippen molar-refractivity contribution in [3.05, 3.63) is 71.8 Å². The van der Waals surface area contributed by atoms with E-state index in [-0.39, 0.29) is 11.9 Å². The highest BCUT2D eigenvalue weighted by Gasteiger charge is 2.59. The third-order valence-electron chi connectivity index (χ3n) is 5.27. The van der Waals surface area contributed by atoms with Crippen molar-refractivity contribution in [2.75, 3.05) is 0 Å². The second-order valence-electron chi connectivity index (χ2n) is 8.21. The Labute approximate surface area is 162 Å². The Morgan fingerprint density at radius 2 is 1.37 bits per heavy atom. The van der Waals surface area contributed by atoms with Crippen LogP contribution < -0.4 is 0 Å². The van der Waals surface area contributed by atoms with E-state index in [0.29, 0.717) is 19.4 Å². The summed E-state index contributed by atoms with van der Waals surface area (Å²) in [5.74, 6) is -0.0647. The maximum absolute atomic E-state index is 13.6. The Morgan fingerprint density at radius 1 is 0.852 bits per heavy atom. The third-order valence-corrected chi connectivity index (χ3v) is 7.23. The summed E-state index contributed by atoms with van der Waals surface area (Å²) in [5.41, 5.74) is 1.27. The minimum absolute atomic E-state index is 0.0647. The highest BCUT2D eigenvalue weighted by molar-refractivity contribution is 6.76. The number of amides is 3. The van der Waals surface area contributed by atoms with Crippen LogP contribution in [0.15, 0.2) is 60.7 Å². The van der Waals surface area contributed by atoms with Crippen LogP contribution in [0, 0.1) is 0 Å². The third kappa shape index (κ3) is 3.56. The molecule has 1 saturated heterocycles. The van der Waals surface area contributed by atoms with Crippen molar-refractivity contribution in [1.29, 1.82) is 0 Å². The molecule has 2 aromatic rings. The molecule has 0 aliphatic carbocycles. The summed E-state index contributed by atoms with van der Waals surface area (Å²) in [6.07, 6.45) is 1.17. The number of rotatable bonds is 6. The number of carbonyl (C=O) groups is 2. The van der Waals surface area contributed by atoms with E-state index in [9.17, 15) is 9.59 Å². The fraction of sp³-hybridized carbons (Fsp3) is 0.364. The predicted octanol–water partition coefficient (Wildman–Crippen LogP) is 4.68. The number of imide groups is 1. The van der Waals surface area contributed by atoms with E-state index < -0.39 is 13.8 Å². The monoisotopic (exact) mass is 380 g/mol. The first-order valence-corrected chi connectivity index (χ1v) is 13.0. The first-order chi connectivity index (χ1) is 12.8. The number of benzene rings is 2. The average Bonchev–Trinajstić information content (AvgIpc) is 2.85. The Morgan fingerprint density at radius 3 is 1.85 bits per heavy atom. The zero-order valence-corrected chi connectivity index (χ0v) is 17.6. The fourth-order valence-electron chi connectivity index (χ4n) is 4.09. The van der Waals surface area contributed by atoms with Crippen molar-refractivity contribution in [2.45, 2.75) is 51.5 Å². The number of urea groups is 1. The molecule has 0 radical (unpaired) electrons. The molecular formula is C22H28N2O2Si. The summed E-state index contributed by atoms with van der Waals surface area (Å²) in [6, 6.07) is 19.6. The molecular weight excluding hydrogens is 352 g/mol. The van der Waals surface area contributed by atoms with Gasteiger partial charge in [0, 0.05) is 6.42 Å². The van der Waals surface area contributed by atoms with Crippen molar-refractivity contribution in [3.63, 3.8) is 0 Å². The fourth-order valence-corrected chi connectivity index (χ4v) is 6.41. The number of carbonyl (C=O) groups excluding carboxylic acids is 2. The van der Waals surface area contributed by atoms with Gasteiger partial charge in [0.15, 0.2) is 8.24 Å². The Balaban J connectivity index is 2.03. The second kappa shape index (κ2) is 7.31. The van der Waals surface area contributed by atoms with E-state index >= 15 is 0 Å². The van der Waals surface area contributed by atoms with E-state index in [4.69, 9.17) is 0 Å². The molecule has 1 aliphatic rings. The highest BCUT2D eigenvalue weighted by atomic mass is 28.3. The van der Waals surface area contributed by atoms with Gasteiger partial charge in [0.1, 0.15) is 5.54 Å². The van der Waals surface area contributed by atoms with E-state index in [0.717, 1.165) is 11.1 Å². The second-order valence-corrected chi connectivity index (χ2v) is 13.0. The molecule has 27 heavy (non-hydrogen) atoms. The molecule has 1 heterocycles. The predicted molar refractivity (Wildman–Crippen MR) is 111 cm³/mol. The SMILES string of the molecule is CCC1(Cc2ccccc2)C(=O)N(Cc2ccccc2)C(=O)N1[Si](C)(C)C. The van der Waals surface area contributed by atoms with Gasteiger partial charge in [0.05, 0.1) is 6.54 Å². The van der Waals surface area contributed by atoms with Crippen LogP contribution in [0.1, 0.15) is 24.5 Å². The van der Waals surface area contributed by atoms with Gasteiger partial charge in [0.25, 0.3) is 5.91 Å². The molecule has 142 valence electrons. The molecule has 5 heteroatoms. The molecule has 2 aromatic carbocycles. The van der Waals surface area contributed by atoms with Gasteiger partial charge in [0.2, 0.25) is 0 Å². The molecule has 3 rings (SSSR count). The summed E-state index contributed by atoms with van der Waals surface area (Å²) in [6.45, 7) is 8.77. The van der Waals surface area contributed by atoms with Crippen molar-refractivity contribution in [1.82, 2.24) is 9.47 Å². The molecule has 1 aliphatic heterocycles. The summed E-state index contributed by atoms with van der Waals surface area (Å²) in [7, 11) is -2.08. The van der Waals surface area contributed by atoms with Gasteiger partial charge >= 0.3 is 6.03 Å². The lowest BCUT2D eigenvalue weighted by Gasteiger charge is -2.42. The lowest BCUT2D eigenvalue weighted by Crippen LogP contribution is -2.60. The Hall–Kier alpha value is -2.40. The van der Waals surface area contributed by atoms with Crippen LogP contribution in [-0.4, -0.2) is 35.2 Å². The van der Waals surface area contributed by atoms with Gasteiger partial charge in [-0.2, -0.15) is 0 Å². The number of hydrogen-bond donors (Lipinski definition) is 0.